The maximum Gasteiger partial charge on any atom is 0.130 e. The molecule has 1 aromatic carbocycles. The summed E-state index contributed by atoms with van der Waals surface area (Å²) in [6.07, 6.45) is 13.0. The average Bonchev–Trinajstić information content (AvgIpc) is 2.69. The first-order chi connectivity index (χ1) is 14.4. The molecule has 3 aliphatic carbocycles. The van der Waals surface area contributed by atoms with Crippen LogP contribution in [0.3, 0.4) is 0 Å². The highest BCUT2D eigenvalue weighted by atomic mass is 16.5. The topological polar surface area (TPSA) is 18.5 Å². The number of fused-ring (bicyclic) bond motifs is 2. The molecule has 0 spiro atoms. The van der Waals surface area contributed by atoms with Crippen molar-refractivity contribution in [3.8, 4) is 5.75 Å². The fourth-order valence-corrected chi connectivity index (χ4v) is 5.89. The number of benzene rings is 1. The Morgan fingerprint density at radius 3 is 2.30 bits per heavy atom. The van der Waals surface area contributed by atoms with E-state index in [4.69, 9.17) is 9.47 Å². The summed E-state index contributed by atoms with van der Waals surface area (Å²) in [7, 11) is 0. The van der Waals surface area contributed by atoms with Gasteiger partial charge in [-0.1, -0.05) is 25.0 Å². The summed E-state index contributed by atoms with van der Waals surface area (Å²) in [5.74, 6) is 3.45. The van der Waals surface area contributed by atoms with Gasteiger partial charge >= 0.3 is 0 Å². The Bertz CT molecular complexity index is 856. The van der Waals surface area contributed by atoms with Crippen LogP contribution in [0.5, 0.6) is 5.75 Å². The smallest absolute Gasteiger partial charge is 0.130 e. The SMILES string of the molecule is CC1=CC2CCCCC2C(c2c3c(cc(C)c2OC(C)C)CCCC3)=C1OC(C)C. The summed E-state index contributed by atoms with van der Waals surface area (Å²) in [5.41, 5.74) is 8.56. The third-order valence-corrected chi connectivity index (χ3v) is 7.02. The Hall–Kier alpha value is -1.70. The van der Waals surface area contributed by atoms with Crippen LogP contribution in [0.2, 0.25) is 0 Å². The van der Waals surface area contributed by atoms with Crippen LogP contribution in [0.1, 0.15) is 95.4 Å². The van der Waals surface area contributed by atoms with E-state index in [2.05, 4.69) is 53.7 Å². The van der Waals surface area contributed by atoms with Gasteiger partial charge in [-0.3, -0.25) is 0 Å². The van der Waals surface area contributed by atoms with Gasteiger partial charge in [-0.15, -0.1) is 0 Å². The quantitative estimate of drug-likeness (QED) is 0.500. The van der Waals surface area contributed by atoms with Crippen LogP contribution in [0, 0.1) is 18.8 Å². The molecule has 0 bridgehead atoms. The molecule has 2 atom stereocenters. The van der Waals surface area contributed by atoms with Gasteiger partial charge in [0.05, 0.1) is 12.2 Å². The zero-order chi connectivity index (χ0) is 21.4. The molecule has 2 heteroatoms. The third-order valence-electron chi connectivity index (χ3n) is 7.02. The van der Waals surface area contributed by atoms with Crippen LogP contribution in [-0.4, -0.2) is 12.2 Å². The molecule has 1 aromatic rings. The van der Waals surface area contributed by atoms with Crippen molar-refractivity contribution in [3.63, 3.8) is 0 Å². The molecule has 0 N–H and O–H groups in total. The van der Waals surface area contributed by atoms with E-state index < -0.39 is 0 Å². The lowest BCUT2D eigenvalue weighted by Gasteiger charge is -2.39. The normalized spacial score (nSPS) is 23.9. The van der Waals surface area contributed by atoms with Crippen LogP contribution < -0.4 is 4.74 Å². The fraction of sp³-hybridized carbons (Fsp3) is 0.643. The van der Waals surface area contributed by atoms with E-state index in [-0.39, 0.29) is 12.2 Å². The van der Waals surface area contributed by atoms with Gasteiger partial charge in [-0.25, -0.2) is 0 Å². The largest absolute Gasteiger partial charge is 0.490 e. The van der Waals surface area contributed by atoms with Crippen LogP contribution in [0.25, 0.3) is 5.57 Å². The monoisotopic (exact) mass is 408 g/mol. The highest BCUT2D eigenvalue weighted by Crippen LogP contribution is 2.51. The van der Waals surface area contributed by atoms with Crippen molar-refractivity contribution in [1.82, 2.24) is 0 Å². The van der Waals surface area contributed by atoms with Crippen LogP contribution in [0.15, 0.2) is 23.5 Å². The Morgan fingerprint density at radius 2 is 1.57 bits per heavy atom. The molecule has 3 aliphatic rings. The molecule has 4 rings (SSSR count). The average molecular weight is 409 g/mol. The predicted molar refractivity (Wildman–Crippen MR) is 126 cm³/mol. The molecule has 0 saturated heterocycles. The van der Waals surface area contributed by atoms with Gasteiger partial charge in [0.15, 0.2) is 0 Å². The predicted octanol–water partition coefficient (Wildman–Crippen LogP) is 7.56. The first-order valence-electron chi connectivity index (χ1n) is 12.3. The number of rotatable bonds is 5. The Labute approximate surface area is 183 Å². The lowest BCUT2D eigenvalue weighted by Crippen LogP contribution is -2.27. The number of aryl methyl sites for hydroxylation is 2. The van der Waals surface area contributed by atoms with Crippen LogP contribution in [0.4, 0.5) is 0 Å². The molecule has 1 fully saturated rings. The minimum Gasteiger partial charge on any atom is -0.490 e. The highest BCUT2D eigenvalue weighted by molar-refractivity contribution is 5.82. The van der Waals surface area contributed by atoms with Crippen molar-refractivity contribution in [1.29, 1.82) is 0 Å². The van der Waals surface area contributed by atoms with E-state index >= 15 is 0 Å². The van der Waals surface area contributed by atoms with Crippen molar-refractivity contribution >= 4 is 5.57 Å². The van der Waals surface area contributed by atoms with Gasteiger partial charge < -0.3 is 9.47 Å². The number of allylic oxidation sites excluding steroid dienone is 3. The van der Waals surface area contributed by atoms with Crippen LogP contribution in [-0.2, 0) is 17.6 Å². The molecule has 30 heavy (non-hydrogen) atoms. The minimum atomic E-state index is 0.168. The highest BCUT2D eigenvalue weighted by Gasteiger charge is 2.38. The zero-order valence-corrected chi connectivity index (χ0v) is 19.9. The summed E-state index contributed by atoms with van der Waals surface area (Å²) >= 11 is 0. The molecule has 0 aliphatic heterocycles. The second-order valence-corrected chi connectivity index (χ2v) is 10.2. The van der Waals surface area contributed by atoms with E-state index in [1.54, 1.807) is 11.1 Å². The molecule has 0 radical (unpaired) electrons. The van der Waals surface area contributed by atoms with E-state index in [1.807, 2.05) is 0 Å². The standard InChI is InChI=1S/C28H40O2/c1-17(2)29-27-19(5)15-21-11-7-9-13-23(21)25(27)26-24-14-10-8-12-22(24)16-20(6)28(26)30-18(3)4/h15-18,21,23H,7-14H2,1-6H3. The second kappa shape index (κ2) is 8.81. The number of hydrogen-bond donors (Lipinski definition) is 0. The van der Waals surface area contributed by atoms with Crippen molar-refractivity contribution in [2.24, 2.45) is 11.8 Å². The van der Waals surface area contributed by atoms with E-state index in [9.17, 15) is 0 Å². The zero-order valence-electron chi connectivity index (χ0n) is 19.9. The summed E-state index contributed by atoms with van der Waals surface area (Å²) in [6, 6.07) is 2.41. The Morgan fingerprint density at radius 1 is 0.867 bits per heavy atom. The molecule has 0 amide bonds. The van der Waals surface area contributed by atoms with E-state index in [1.165, 1.54) is 67.2 Å². The first-order valence-corrected chi connectivity index (χ1v) is 12.3. The summed E-state index contributed by atoms with van der Waals surface area (Å²) in [4.78, 5) is 0. The second-order valence-electron chi connectivity index (χ2n) is 10.2. The Kier molecular flexibility index (Phi) is 6.32. The summed E-state index contributed by atoms with van der Waals surface area (Å²) in [6.45, 7) is 13.1. The molecule has 164 valence electrons. The minimum absolute atomic E-state index is 0.168. The maximum atomic E-state index is 6.57. The third kappa shape index (κ3) is 4.07. The number of hydrogen-bond acceptors (Lipinski definition) is 2. The molecular formula is C28H40O2. The first kappa shape index (κ1) is 21.5. The molecule has 0 aromatic heterocycles. The lowest BCUT2D eigenvalue weighted by atomic mass is 9.67. The van der Waals surface area contributed by atoms with Crippen molar-refractivity contribution in [2.45, 2.75) is 105 Å². The molecule has 2 unspecified atom stereocenters. The van der Waals surface area contributed by atoms with Crippen molar-refractivity contribution in [3.05, 3.63) is 45.7 Å². The van der Waals surface area contributed by atoms with Gasteiger partial charge in [0.25, 0.3) is 0 Å². The maximum absolute atomic E-state index is 6.57. The summed E-state index contributed by atoms with van der Waals surface area (Å²) in [5, 5.41) is 0. The van der Waals surface area contributed by atoms with Gasteiger partial charge in [0.1, 0.15) is 11.5 Å². The fourth-order valence-electron chi connectivity index (χ4n) is 5.89. The Balaban J connectivity index is 2.00. The summed E-state index contributed by atoms with van der Waals surface area (Å²) < 4.78 is 13.1. The van der Waals surface area contributed by atoms with Crippen molar-refractivity contribution in [2.75, 3.05) is 0 Å². The van der Waals surface area contributed by atoms with Crippen LogP contribution >= 0.6 is 0 Å². The molecule has 1 saturated carbocycles. The molecule has 0 heterocycles. The van der Waals surface area contributed by atoms with Gasteiger partial charge in [0, 0.05) is 11.1 Å². The van der Waals surface area contributed by atoms with Gasteiger partial charge in [0.2, 0.25) is 0 Å². The lowest BCUT2D eigenvalue weighted by molar-refractivity contribution is 0.149. The van der Waals surface area contributed by atoms with Crippen molar-refractivity contribution < 1.29 is 9.47 Å². The number of ether oxygens (including phenoxy) is 2. The molecular weight excluding hydrogens is 368 g/mol. The molecule has 2 nitrogen and oxygen atoms in total. The van der Waals surface area contributed by atoms with E-state index in [0.717, 1.165) is 17.9 Å². The van der Waals surface area contributed by atoms with Gasteiger partial charge in [-0.2, -0.15) is 0 Å². The van der Waals surface area contributed by atoms with E-state index in [0.29, 0.717) is 11.8 Å². The van der Waals surface area contributed by atoms with Gasteiger partial charge in [-0.05, 0) is 114 Å².